The Morgan fingerprint density at radius 2 is 2.03 bits per heavy atom. The lowest BCUT2D eigenvalue weighted by atomic mass is 9.96. The van der Waals surface area contributed by atoms with Crippen LogP contribution in [0.4, 0.5) is 0 Å². The largest absolute Gasteiger partial charge is 0.378 e. The number of aromatic nitrogens is 1. The average Bonchev–Trinajstić information content (AvgIpc) is 3.13. The number of likely N-dealkylation sites (tertiary alicyclic amines) is 1. The highest BCUT2D eigenvalue weighted by molar-refractivity contribution is 7.89. The quantitative estimate of drug-likeness (QED) is 0.559. The lowest BCUT2D eigenvalue weighted by Crippen LogP contribution is -2.56. The molecule has 3 rings (SSSR count). The lowest BCUT2D eigenvalue weighted by molar-refractivity contribution is -0.149. The molecule has 0 aliphatic carbocycles. The van der Waals surface area contributed by atoms with Crippen LogP contribution >= 0.6 is 11.6 Å². The standard InChI is InChI=1S/C21H31ClN4O5S/c1-3-15(2)19(21(28)25-9-11-31-12-10-25)26-8-6-18(20(26)27)24-32(29,30)13-7-17-5-4-16(22)14-23-17/h4-5,14-15,18-19,24H,3,6-13H2,1-2H3/t15-,18-,19-/m0/s1. The van der Waals surface area contributed by atoms with Crippen LogP contribution in [0.25, 0.3) is 0 Å². The van der Waals surface area contributed by atoms with Gasteiger partial charge in [-0.25, -0.2) is 13.1 Å². The van der Waals surface area contributed by atoms with Gasteiger partial charge in [-0.2, -0.15) is 0 Å². The number of nitrogens with one attached hydrogen (secondary N) is 1. The first-order valence-corrected chi connectivity index (χ1v) is 13.0. The number of hydrogen-bond donors (Lipinski definition) is 1. The van der Waals surface area contributed by atoms with E-state index in [1.165, 1.54) is 6.20 Å². The van der Waals surface area contributed by atoms with Crippen molar-refractivity contribution >= 4 is 33.4 Å². The molecule has 3 atom stereocenters. The molecule has 2 aliphatic rings. The summed E-state index contributed by atoms with van der Waals surface area (Å²) in [5, 5.41) is 0.480. The smallest absolute Gasteiger partial charge is 0.245 e. The Hall–Kier alpha value is -1.75. The van der Waals surface area contributed by atoms with E-state index >= 15 is 0 Å². The molecule has 0 radical (unpaired) electrons. The minimum atomic E-state index is -3.70. The van der Waals surface area contributed by atoms with Gasteiger partial charge in [0.25, 0.3) is 0 Å². The Morgan fingerprint density at radius 3 is 2.66 bits per heavy atom. The van der Waals surface area contributed by atoms with E-state index in [0.29, 0.717) is 50.0 Å². The molecule has 0 spiro atoms. The third kappa shape index (κ3) is 6.18. The van der Waals surface area contributed by atoms with E-state index in [9.17, 15) is 18.0 Å². The fourth-order valence-electron chi connectivity index (χ4n) is 4.03. The molecule has 2 amide bonds. The number of sulfonamides is 1. The van der Waals surface area contributed by atoms with Crippen LogP contribution in [-0.2, 0) is 30.8 Å². The first kappa shape index (κ1) is 24.9. The predicted molar refractivity (Wildman–Crippen MR) is 121 cm³/mol. The Balaban J connectivity index is 1.64. The summed E-state index contributed by atoms with van der Waals surface area (Å²) in [6, 6.07) is 1.87. The van der Waals surface area contributed by atoms with Crippen molar-refractivity contribution in [1.82, 2.24) is 19.5 Å². The van der Waals surface area contributed by atoms with Gasteiger partial charge in [0.15, 0.2) is 0 Å². The number of carbonyl (C=O) groups is 2. The summed E-state index contributed by atoms with van der Waals surface area (Å²) in [6.07, 6.45) is 2.74. The van der Waals surface area contributed by atoms with E-state index < -0.39 is 22.1 Å². The van der Waals surface area contributed by atoms with Gasteiger partial charge >= 0.3 is 0 Å². The fraction of sp³-hybridized carbons (Fsp3) is 0.667. The molecule has 1 N–H and O–H groups in total. The van der Waals surface area contributed by atoms with Crippen molar-refractivity contribution in [2.45, 2.75) is 45.2 Å². The molecule has 1 aromatic heterocycles. The molecule has 9 nitrogen and oxygen atoms in total. The van der Waals surface area contributed by atoms with E-state index in [-0.39, 0.29) is 29.9 Å². The summed E-state index contributed by atoms with van der Waals surface area (Å²) >= 11 is 5.81. The maximum Gasteiger partial charge on any atom is 0.245 e. The summed E-state index contributed by atoms with van der Waals surface area (Å²) in [7, 11) is -3.70. The zero-order valence-corrected chi connectivity index (χ0v) is 20.1. The van der Waals surface area contributed by atoms with Crippen molar-refractivity contribution in [3.8, 4) is 0 Å². The summed E-state index contributed by atoms with van der Waals surface area (Å²) in [6.45, 7) is 6.25. The Labute approximate surface area is 194 Å². The Kier molecular flexibility index (Phi) is 8.49. The first-order chi connectivity index (χ1) is 15.2. The van der Waals surface area contributed by atoms with Gasteiger partial charge in [0, 0.05) is 37.9 Å². The molecule has 3 heterocycles. The Morgan fingerprint density at radius 1 is 1.31 bits per heavy atom. The molecule has 0 aromatic carbocycles. The second kappa shape index (κ2) is 10.9. The SMILES string of the molecule is CC[C@H](C)[C@@H](C(=O)N1CCOCC1)N1CC[C@H](NS(=O)(=O)CCc2ccc(Cl)cn2)C1=O. The van der Waals surface area contributed by atoms with E-state index in [4.69, 9.17) is 16.3 Å². The highest BCUT2D eigenvalue weighted by Gasteiger charge is 2.43. The van der Waals surface area contributed by atoms with Gasteiger partial charge in [0.2, 0.25) is 21.8 Å². The third-order valence-corrected chi connectivity index (χ3v) is 7.68. The number of halogens is 1. The number of nitrogens with zero attached hydrogens (tertiary/aromatic N) is 3. The van der Waals surface area contributed by atoms with Crippen molar-refractivity contribution in [3.05, 3.63) is 29.0 Å². The molecule has 2 aliphatic heterocycles. The molecule has 178 valence electrons. The van der Waals surface area contributed by atoms with E-state index in [2.05, 4.69) is 9.71 Å². The van der Waals surface area contributed by atoms with Crippen LogP contribution in [0.3, 0.4) is 0 Å². The number of pyridine rings is 1. The maximum atomic E-state index is 13.2. The minimum Gasteiger partial charge on any atom is -0.378 e. The molecule has 2 saturated heterocycles. The number of morpholine rings is 1. The van der Waals surface area contributed by atoms with Crippen LogP contribution in [0.5, 0.6) is 0 Å². The second-order valence-corrected chi connectivity index (χ2v) is 10.6. The van der Waals surface area contributed by atoms with Crippen molar-refractivity contribution in [2.24, 2.45) is 5.92 Å². The molecular formula is C21H31ClN4O5S. The maximum absolute atomic E-state index is 13.2. The lowest BCUT2D eigenvalue weighted by Gasteiger charge is -2.37. The molecule has 11 heteroatoms. The number of carbonyl (C=O) groups excluding carboxylic acids is 2. The number of rotatable bonds is 9. The number of hydrogen-bond acceptors (Lipinski definition) is 6. The van der Waals surface area contributed by atoms with E-state index in [1.807, 2.05) is 13.8 Å². The van der Waals surface area contributed by atoms with Gasteiger partial charge in [0.1, 0.15) is 12.1 Å². The van der Waals surface area contributed by atoms with E-state index in [1.54, 1.807) is 21.9 Å². The van der Waals surface area contributed by atoms with Crippen LogP contribution in [0, 0.1) is 5.92 Å². The summed E-state index contributed by atoms with van der Waals surface area (Å²) in [5.41, 5.74) is 0.604. The topological polar surface area (TPSA) is 109 Å². The number of aryl methyl sites for hydroxylation is 1. The van der Waals surface area contributed by atoms with Gasteiger partial charge in [-0.15, -0.1) is 0 Å². The second-order valence-electron chi connectivity index (χ2n) is 8.30. The van der Waals surface area contributed by atoms with Crippen LogP contribution < -0.4 is 4.72 Å². The summed E-state index contributed by atoms with van der Waals surface area (Å²) in [5.74, 6) is -0.661. The van der Waals surface area contributed by atoms with Crippen molar-refractivity contribution in [3.63, 3.8) is 0 Å². The monoisotopic (exact) mass is 486 g/mol. The molecule has 0 unspecified atom stereocenters. The predicted octanol–water partition coefficient (Wildman–Crippen LogP) is 1.07. The number of ether oxygens (including phenoxy) is 1. The molecule has 0 bridgehead atoms. The average molecular weight is 487 g/mol. The van der Waals surface area contributed by atoms with Gasteiger partial charge in [-0.1, -0.05) is 31.9 Å². The summed E-state index contributed by atoms with van der Waals surface area (Å²) in [4.78, 5) is 33.7. The van der Waals surface area contributed by atoms with Gasteiger partial charge in [-0.05, 0) is 24.5 Å². The molecule has 32 heavy (non-hydrogen) atoms. The molecule has 2 fully saturated rings. The van der Waals surface area contributed by atoms with Crippen LogP contribution in [0.15, 0.2) is 18.3 Å². The van der Waals surface area contributed by atoms with Crippen LogP contribution in [0.1, 0.15) is 32.4 Å². The van der Waals surface area contributed by atoms with Crippen molar-refractivity contribution in [2.75, 3.05) is 38.6 Å². The zero-order chi connectivity index (χ0) is 23.3. The normalized spacial score (nSPS) is 21.6. The highest BCUT2D eigenvalue weighted by atomic mass is 35.5. The summed E-state index contributed by atoms with van der Waals surface area (Å²) < 4.78 is 33.1. The van der Waals surface area contributed by atoms with Crippen LogP contribution in [-0.4, -0.2) is 85.7 Å². The van der Waals surface area contributed by atoms with Gasteiger partial charge < -0.3 is 14.5 Å². The van der Waals surface area contributed by atoms with E-state index in [0.717, 1.165) is 6.42 Å². The molecule has 1 aromatic rings. The Bertz CT molecular complexity index is 905. The van der Waals surface area contributed by atoms with Crippen molar-refractivity contribution < 1.29 is 22.7 Å². The number of amides is 2. The van der Waals surface area contributed by atoms with Crippen molar-refractivity contribution in [1.29, 1.82) is 0 Å². The van der Waals surface area contributed by atoms with Gasteiger partial charge in [-0.3, -0.25) is 14.6 Å². The van der Waals surface area contributed by atoms with Gasteiger partial charge in [0.05, 0.1) is 24.0 Å². The zero-order valence-electron chi connectivity index (χ0n) is 18.5. The molecule has 0 saturated carbocycles. The third-order valence-electron chi connectivity index (χ3n) is 6.07. The minimum absolute atomic E-state index is 0.0411. The first-order valence-electron chi connectivity index (χ1n) is 11.0. The van der Waals surface area contributed by atoms with Crippen LogP contribution in [0.2, 0.25) is 5.02 Å². The fourth-order valence-corrected chi connectivity index (χ4v) is 5.39. The molecular weight excluding hydrogens is 456 g/mol. The highest BCUT2D eigenvalue weighted by Crippen LogP contribution is 2.24.